The van der Waals surface area contributed by atoms with Gasteiger partial charge in [0.05, 0.1) is 28.4 Å². The minimum Gasteiger partial charge on any atom is -0.345 e. The van der Waals surface area contributed by atoms with Crippen molar-refractivity contribution in [3.05, 3.63) is 48.8 Å². The molecule has 5 nitrogen and oxygen atoms in total. The Balaban J connectivity index is 1.79. The maximum Gasteiger partial charge on any atom is 0.208 e. The molecular formula is C15H13N5. The third-order valence-electron chi connectivity index (χ3n) is 3.49. The van der Waals surface area contributed by atoms with Gasteiger partial charge in [-0.2, -0.15) is 0 Å². The van der Waals surface area contributed by atoms with E-state index in [9.17, 15) is 0 Å². The van der Waals surface area contributed by atoms with Crippen LogP contribution in [0.2, 0.25) is 0 Å². The van der Waals surface area contributed by atoms with Gasteiger partial charge < -0.3 is 14.9 Å². The summed E-state index contributed by atoms with van der Waals surface area (Å²) in [4.78, 5) is 17.3. The lowest BCUT2D eigenvalue weighted by Gasteiger charge is -2.15. The van der Waals surface area contributed by atoms with E-state index < -0.39 is 0 Å². The van der Waals surface area contributed by atoms with Gasteiger partial charge in [0, 0.05) is 12.7 Å². The molecule has 0 aliphatic carbocycles. The van der Waals surface area contributed by atoms with E-state index in [1.54, 1.807) is 6.33 Å². The first kappa shape index (κ1) is 11.0. The van der Waals surface area contributed by atoms with Crippen LogP contribution in [0.4, 0.5) is 11.6 Å². The van der Waals surface area contributed by atoms with Gasteiger partial charge >= 0.3 is 0 Å². The van der Waals surface area contributed by atoms with E-state index in [-0.39, 0.29) is 0 Å². The van der Waals surface area contributed by atoms with Crippen LogP contribution in [-0.2, 0) is 0 Å². The fourth-order valence-corrected chi connectivity index (χ4v) is 2.35. The summed E-state index contributed by atoms with van der Waals surface area (Å²) in [5.74, 6) is 0.824. The smallest absolute Gasteiger partial charge is 0.208 e. The predicted molar refractivity (Wildman–Crippen MR) is 80.3 cm³/mol. The van der Waals surface area contributed by atoms with E-state index >= 15 is 0 Å². The summed E-state index contributed by atoms with van der Waals surface area (Å²) in [6, 6.07) is 14.1. The molecule has 0 spiro atoms. The maximum atomic E-state index is 4.60. The zero-order chi connectivity index (χ0) is 13.5. The Morgan fingerprint density at radius 3 is 2.80 bits per heavy atom. The Labute approximate surface area is 115 Å². The van der Waals surface area contributed by atoms with Crippen LogP contribution >= 0.6 is 0 Å². The van der Waals surface area contributed by atoms with Crippen LogP contribution in [0.15, 0.2) is 48.8 Å². The number of H-pyrrole nitrogens is 2. The number of para-hydroxylation sites is 2. The Bertz CT molecular complexity index is 854. The van der Waals surface area contributed by atoms with Crippen molar-refractivity contribution < 1.29 is 0 Å². The highest BCUT2D eigenvalue weighted by atomic mass is 15.2. The standard InChI is InChI=1S/C15H13N5/c1-20(10-6-7-11-14(8-10)17-9-16-11)15-18-12-4-2-3-5-13(12)19-15/h2-9H,1H3,(H,16,17)(H,18,19). The molecule has 0 atom stereocenters. The molecule has 98 valence electrons. The van der Waals surface area contributed by atoms with E-state index in [4.69, 9.17) is 0 Å². The molecule has 0 aliphatic rings. The molecule has 0 radical (unpaired) electrons. The normalized spacial score (nSPS) is 11.2. The van der Waals surface area contributed by atoms with Crippen LogP contribution in [0, 0.1) is 0 Å². The minimum atomic E-state index is 0.824. The Morgan fingerprint density at radius 2 is 1.90 bits per heavy atom. The maximum absolute atomic E-state index is 4.60. The van der Waals surface area contributed by atoms with Crippen molar-refractivity contribution in [2.45, 2.75) is 0 Å². The van der Waals surface area contributed by atoms with Gasteiger partial charge in [0.15, 0.2) is 0 Å². The molecule has 0 saturated heterocycles. The van der Waals surface area contributed by atoms with Gasteiger partial charge in [-0.25, -0.2) is 9.97 Å². The number of nitrogens with one attached hydrogen (secondary N) is 2. The number of anilines is 2. The summed E-state index contributed by atoms with van der Waals surface area (Å²) in [6.07, 6.45) is 1.70. The molecule has 2 N–H and O–H groups in total. The van der Waals surface area contributed by atoms with Crippen molar-refractivity contribution in [1.82, 2.24) is 19.9 Å². The van der Waals surface area contributed by atoms with Gasteiger partial charge in [0.1, 0.15) is 0 Å². The molecular weight excluding hydrogens is 250 g/mol. The van der Waals surface area contributed by atoms with Crippen molar-refractivity contribution in [2.75, 3.05) is 11.9 Å². The number of aromatic nitrogens is 4. The van der Waals surface area contributed by atoms with E-state index in [1.165, 1.54) is 0 Å². The highest BCUT2D eigenvalue weighted by molar-refractivity contribution is 5.82. The second-order valence-corrected chi connectivity index (χ2v) is 4.74. The van der Waals surface area contributed by atoms with Crippen LogP contribution in [0.5, 0.6) is 0 Å². The first-order valence-electron chi connectivity index (χ1n) is 6.43. The summed E-state index contributed by atoms with van der Waals surface area (Å²) >= 11 is 0. The number of hydrogen-bond acceptors (Lipinski definition) is 3. The first-order chi connectivity index (χ1) is 9.81. The number of benzene rings is 2. The molecule has 0 unspecified atom stereocenters. The fraction of sp³-hybridized carbons (Fsp3) is 0.0667. The monoisotopic (exact) mass is 263 g/mol. The van der Waals surface area contributed by atoms with Crippen molar-refractivity contribution in [1.29, 1.82) is 0 Å². The second-order valence-electron chi connectivity index (χ2n) is 4.74. The topological polar surface area (TPSA) is 60.6 Å². The van der Waals surface area contributed by atoms with E-state index in [2.05, 4.69) is 26.0 Å². The van der Waals surface area contributed by atoms with Gasteiger partial charge in [-0.05, 0) is 30.3 Å². The molecule has 2 heterocycles. The molecule has 20 heavy (non-hydrogen) atoms. The molecule has 2 aromatic heterocycles. The quantitative estimate of drug-likeness (QED) is 0.584. The van der Waals surface area contributed by atoms with Crippen molar-refractivity contribution in [3.63, 3.8) is 0 Å². The number of hydrogen-bond donors (Lipinski definition) is 2. The number of nitrogens with zero attached hydrogens (tertiary/aromatic N) is 3. The van der Waals surface area contributed by atoms with Crippen LogP contribution in [0.1, 0.15) is 0 Å². The molecule has 0 bridgehead atoms. The van der Waals surface area contributed by atoms with Crippen LogP contribution in [-0.4, -0.2) is 27.0 Å². The van der Waals surface area contributed by atoms with Gasteiger partial charge in [-0.1, -0.05) is 12.1 Å². The van der Waals surface area contributed by atoms with Crippen LogP contribution < -0.4 is 4.90 Å². The molecule has 2 aromatic carbocycles. The van der Waals surface area contributed by atoms with E-state index in [0.29, 0.717) is 0 Å². The molecule has 0 saturated carbocycles. The zero-order valence-electron chi connectivity index (χ0n) is 11.0. The second kappa shape index (κ2) is 4.09. The molecule has 0 amide bonds. The molecule has 4 rings (SSSR count). The van der Waals surface area contributed by atoms with Gasteiger partial charge in [0.25, 0.3) is 0 Å². The third-order valence-corrected chi connectivity index (χ3v) is 3.49. The summed E-state index contributed by atoms with van der Waals surface area (Å²) in [6.45, 7) is 0. The first-order valence-corrected chi connectivity index (χ1v) is 6.43. The lowest BCUT2D eigenvalue weighted by atomic mass is 10.2. The minimum absolute atomic E-state index is 0.824. The fourth-order valence-electron chi connectivity index (χ4n) is 2.35. The lowest BCUT2D eigenvalue weighted by Crippen LogP contribution is -2.10. The summed E-state index contributed by atoms with van der Waals surface area (Å²) in [7, 11) is 2.00. The van der Waals surface area contributed by atoms with Crippen molar-refractivity contribution >= 4 is 33.7 Å². The van der Waals surface area contributed by atoms with Crippen molar-refractivity contribution in [3.8, 4) is 0 Å². The summed E-state index contributed by atoms with van der Waals surface area (Å²) < 4.78 is 0. The molecule has 5 heteroatoms. The Kier molecular flexibility index (Phi) is 2.26. The molecule has 0 aliphatic heterocycles. The predicted octanol–water partition coefficient (Wildman–Crippen LogP) is 3.21. The number of imidazole rings is 2. The SMILES string of the molecule is CN(c1ccc2nc[nH]c2c1)c1nc2ccccc2[nH]1. The Hall–Kier alpha value is -2.82. The summed E-state index contributed by atoms with van der Waals surface area (Å²) in [5.41, 5.74) is 5.05. The van der Waals surface area contributed by atoms with Crippen LogP contribution in [0.25, 0.3) is 22.1 Å². The Morgan fingerprint density at radius 1 is 1.00 bits per heavy atom. The van der Waals surface area contributed by atoms with Crippen LogP contribution in [0.3, 0.4) is 0 Å². The van der Waals surface area contributed by atoms with E-state index in [0.717, 1.165) is 33.7 Å². The molecule has 4 aromatic rings. The average Bonchev–Trinajstić information content (AvgIpc) is 3.11. The highest BCUT2D eigenvalue weighted by Gasteiger charge is 2.10. The number of aromatic amines is 2. The third kappa shape index (κ3) is 1.64. The highest BCUT2D eigenvalue weighted by Crippen LogP contribution is 2.25. The number of fused-ring (bicyclic) bond motifs is 2. The van der Waals surface area contributed by atoms with Gasteiger partial charge in [-0.15, -0.1) is 0 Å². The van der Waals surface area contributed by atoms with Gasteiger partial charge in [-0.3, -0.25) is 0 Å². The number of rotatable bonds is 2. The largest absolute Gasteiger partial charge is 0.345 e. The average molecular weight is 263 g/mol. The summed E-state index contributed by atoms with van der Waals surface area (Å²) in [5, 5.41) is 0. The van der Waals surface area contributed by atoms with Crippen molar-refractivity contribution in [2.24, 2.45) is 0 Å². The zero-order valence-corrected chi connectivity index (χ0v) is 11.0. The molecule has 0 fully saturated rings. The van der Waals surface area contributed by atoms with Gasteiger partial charge in [0.2, 0.25) is 5.95 Å². The van der Waals surface area contributed by atoms with E-state index in [1.807, 2.05) is 48.3 Å². The lowest BCUT2D eigenvalue weighted by molar-refractivity contribution is 1.11.